The molecule has 0 unspecified atom stereocenters. The Balaban J connectivity index is 4.32. The zero-order chi connectivity index (χ0) is 13.3. The minimum atomic E-state index is -0.666. The Morgan fingerprint density at radius 2 is 1.59 bits per heavy atom. The first-order valence-electron chi connectivity index (χ1n) is 6.48. The van der Waals surface area contributed by atoms with Gasteiger partial charge in [-0.05, 0) is 19.8 Å². The highest BCUT2D eigenvalue weighted by Crippen LogP contribution is 2.05. The van der Waals surface area contributed by atoms with Crippen molar-refractivity contribution in [3.63, 3.8) is 0 Å². The van der Waals surface area contributed by atoms with E-state index >= 15 is 0 Å². The van der Waals surface area contributed by atoms with E-state index in [9.17, 15) is 9.59 Å². The number of esters is 1. The first-order chi connectivity index (χ1) is 8.02. The van der Waals surface area contributed by atoms with Crippen molar-refractivity contribution in [3.8, 4) is 0 Å². The summed E-state index contributed by atoms with van der Waals surface area (Å²) in [6.45, 7) is 8.65. The molecule has 0 aromatic carbocycles. The second-order valence-corrected chi connectivity index (χ2v) is 4.28. The number of nitrogens with zero attached hydrogens (tertiary/aromatic N) is 1. The van der Waals surface area contributed by atoms with E-state index in [4.69, 9.17) is 4.74 Å². The van der Waals surface area contributed by atoms with Gasteiger partial charge >= 0.3 is 5.97 Å². The second kappa shape index (κ2) is 9.02. The van der Waals surface area contributed by atoms with Crippen molar-refractivity contribution in [3.05, 3.63) is 0 Å². The van der Waals surface area contributed by atoms with Gasteiger partial charge in [-0.15, -0.1) is 0 Å². The maximum Gasteiger partial charge on any atom is 0.303 e. The molecule has 4 nitrogen and oxygen atoms in total. The summed E-state index contributed by atoms with van der Waals surface area (Å²) in [5.74, 6) is -0.487. The lowest BCUT2D eigenvalue weighted by atomic mass is 10.2. The van der Waals surface area contributed by atoms with Crippen LogP contribution in [0.25, 0.3) is 0 Å². The van der Waals surface area contributed by atoms with E-state index in [2.05, 4.69) is 13.8 Å². The molecular weight excluding hydrogens is 218 g/mol. The van der Waals surface area contributed by atoms with Crippen LogP contribution in [0.3, 0.4) is 0 Å². The van der Waals surface area contributed by atoms with Crippen LogP contribution in [0.2, 0.25) is 0 Å². The molecule has 0 aromatic heterocycles. The molecular formula is C13H25NO3. The smallest absolute Gasteiger partial charge is 0.303 e. The van der Waals surface area contributed by atoms with Gasteiger partial charge in [-0.1, -0.05) is 26.7 Å². The van der Waals surface area contributed by atoms with Crippen molar-refractivity contribution in [2.45, 2.75) is 59.5 Å². The average molecular weight is 243 g/mol. The van der Waals surface area contributed by atoms with Gasteiger partial charge in [0.2, 0.25) is 0 Å². The van der Waals surface area contributed by atoms with Gasteiger partial charge < -0.3 is 9.64 Å². The zero-order valence-electron chi connectivity index (χ0n) is 11.5. The number of hydrogen-bond donors (Lipinski definition) is 0. The number of ether oxygens (including phenoxy) is 1. The molecule has 0 saturated carbocycles. The van der Waals surface area contributed by atoms with Gasteiger partial charge in [0.1, 0.15) is 0 Å². The van der Waals surface area contributed by atoms with Crippen LogP contribution < -0.4 is 0 Å². The van der Waals surface area contributed by atoms with Gasteiger partial charge in [-0.2, -0.15) is 0 Å². The largest absolute Gasteiger partial charge is 0.453 e. The summed E-state index contributed by atoms with van der Waals surface area (Å²) < 4.78 is 4.92. The summed E-state index contributed by atoms with van der Waals surface area (Å²) in [5, 5.41) is 0. The van der Waals surface area contributed by atoms with Gasteiger partial charge in [0.15, 0.2) is 6.10 Å². The molecule has 4 heteroatoms. The Bertz CT molecular complexity index is 233. The van der Waals surface area contributed by atoms with Crippen LogP contribution in [-0.4, -0.2) is 36.0 Å². The van der Waals surface area contributed by atoms with E-state index in [1.807, 2.05) is 0 Å². The first kappa shape index (κ1) is 15.9. The van der Waals surface area contributed by atoms with Crippen LogP contribution in [0.5, 0.6) is 0 Å². The van der Waals surface area contributed by atoms with Crippen molar-refractivity contribution < 1.29 is 14.3 Å². The Morgan fingerprint density at radius 1 is 1.12 bits per heavy atom. The Labute approximate surface area is 104 Å². The maximum absolute atomic E-state index is 12.0. The SMILES string of the molecule is CCCCN(CCCC)C(=O)[C@@H](C)OC(C)=O. The summed E-state index contributed by atoms with van der Waals surface area (Å²) in [4.78, 5) is 24.7. The summed E-state index contributed by atoms with van der Waals surface area (Å²) in [6, 6.07) is 0. The molecule has 0 aliphatic heterocycles. The van der Waals surface area contributed by atoms with Crippen LogP contribution in [0.1, 0.15) is 53.4 Å². The molecule has 1 atom stereocenters. The van der Waals surface area contributed by atoms with E-state index < -0.39 is 12.1 Å². The molecule has 0 aliphatic carbocycles. The normalized spacial score (nSPS) is 12.0. The number of unbranched alkanes of at least 4 members (excludes halogenated alkanes) is 2. The highest BCUT2D eigenvalue weighted by molar-refractivity contribution is 5.83. The Morgan fingerprint density at radius 3 is 1.94 bits per heavy atom. The van der Waals surface area contributed by atoms with Crippen LogP contribution >= 0.6 is 0 Å². The Hall–Kier alpha value is -1.06. The van der Waals surface area contributed by atoms with E-state index in [0.717, 1.165) is 38.8 Å². The van der Waals surface area contributed by atoms with Crippen LogP contribution in [0.15, 0.2) is 0 Å². The third-order valence-corrected chi connectivity index (χ3v) is 2.57. The van der Waals surface area contributed by atoms with Crippen LogP contribution in [0.4, 0.5) is 0 Å². The van der Waals surface area contributed by atoms with Gasteiger partial charge in [0.25, 0.3) is 5.91 Å². The van der Waals surface area contributed by atoms with Crippen molar-refractivity contribution >= 4 is 11.9 Å². The molecule has 17 heavy (non-hydrogen) atoms. The fourth-order valence-electron chi connectivity index (χ4n) is 1.59. The molecule has 0 fully saturated rings. The molecule has 0 aromatic rings. The average Bonchev–Trinajstić information content (AvgIpc) is 2.27. The van der Waals surface area contributed by atoms with Crippen LogP contribution in [-0.2, 0) is 14.3 Å². The second-order valence-electron chi connectivity index (χ2n) is 4.28. The lowest BCUT2D eigenvalue weighted by Gasteiger charge is -2.25. The third kappa shape index (κ3) is 6.97. The number of carbonyl (C=O) groups is 2. The molecule has 1 amide bonds. The molecule has 0 spiro atoms. The zero-order valence-corrected chi connectivity index (χ0v) is 11.5. The molecule has 0 radical (unpaired) electrons. The highest BCUT2D eigenvalue weighted by atomic mass is 16.5. The number of hydrogen-bond acceptors (Lipinski definition) is 3. The minimum absolute atomic E-state index is 0.0814. The van der Waals surface area contributed by atoms with Crippen molar-refractivity contribution in [2.24, 2.45) is 0 Å². The van der Waals surface area contributed by atoms with Gasteiger partial charge in [-0.3, -0.25) is 9.59 Å². The van der Waals surface area contributed by atoms with Crippen molar-refractivity contribution in [2.75, 3.05) is 13.1 Å². The molecule has 0 saturated heterocycles. The highest BCUT2D eigenvalue weighted by Gasteiger charge is 2.21. The molecule has 100 valence electrons. The van der Waals surface area contributed by atoms with Crippen LogP contribution in [0, 0.1) is 0 Å². The molecule has 0 rings (SSSR count). The summed E-state index contributed by atoms with van der Waals surface area (Å²) in [5.41, 5.74) is 0. The topological polar surface area (TPSA) is 46.6 Å². The van der Waals surface area contributed by atoms with E-state index in [1.165, 1.54) is 6.92 Å². The predicted molar refractivity (Wildman–Crippen MR) is 67.6 cm³/mol. The van der Waals surface area contributed by atoms with Crippen molar-refractivity contribution in [1.29, 1.82) is 0 Å². The summed E-state index contributed by atoms with van der Waals surface area (Å²) in [6.07, 6.45) is 3.42. The molecule has 0 heterocycles. The molecule has 0 aliphatic rings. The van der Waals surface area contributed by atoms with E-state index in [-0.39, 0.29) is 5.91 Å². The summed E-state index contributed by atoms with van der Waals surface area (Å²) >= 11 is 0. The number of carbonyl (C=O) groups excluding carboxylic acids is 2. The van der Waals surface area contributed by atoms with Gasteiger partial charge in [0.05, 0.1) is 0 Å². The van der Waals surface area contributed by atoms with E-state index in [0.29, 0.717) is 0 Å². The lowest BCUT2D eigenvalue weighted by Crippen LogP contribution is -2.40. The Kier molecular flexibility index (Phi) is 8.46. The third-order valence-electron chi connectivity index (χ3n) is 2.57. The number of amides is 1. The quantitative estimate of drug-likeness (QED) is 0.615. The monoisotopic (exact) mass is 243 g/mol. The molecule has 0 bridgehead atoms. The van der Waals surface area contributed by atoms with Crippen molar-refractivity contribution in [1.82, 2.24) is 4.90 Å². The summed E-state index contributed by atoms with van der Waals surface area (Å²) in [7, 11) is 0. The number of rotatable bonds is 8. The first-order valence-corrected chi connectivity index (χ1v) is 6.48. The van der Waals surface area contributed by atoms with Gasteiger partial charge in [0, 0.05) is 20.0 Å². The molecule has 0 N–H and O–H groups in total. The standard InChI is InChI=1S/C13H25NO3/c1-5-7-9-14(10-8-6-2)13(16)11(3)17-12(4)15/h11H,5-10H2,1-4H3/t11-/m1/s1. The van der Waals surface area contributed by atoms with E-state index in [1.54, 1.807) is 11.8 Å². The predicted octanol–water partition coefficient (Wildman–Crippen LogP) is 2.37. The lowest BCUT2D eigenvalue weighted by molar-refractivity contribution is -0.157. The maximum atomic E-state index is 12.0. The fraction of sp³-hybridized carbons (Fsp3) is 0.846. The minimum Gasteiger partial charge on any atom is -0.453 e. The van der Waals surface area contributed by atoms with Gasteiger partial charge in [-0.25, -0.2) is 0 Å². The fourth-order valence-corrected chi connectivity index (χ4v) is 1.59.